The van der Waals surface area contributed by atoms with Crippen molar-refractivity contribution in [3.8, 4) is 0 Å². The van der Waals surface area contributed by atoms with Crippen LogP contribution in [0.1, 0.15) is 39.0 Å². The van der Waals surface area contributed by atoms with Crippen molar-refractivity contribution in [1.29, 1.82) is 0 Å². The molecule has 1 heterocycles. The molecule has 3 rings (SSSR count). The molecule has 3 aliphatic rings. The van der Waals surface area contributed by atoms with E-state index in [-0.39, 0.29) is 0 Å². The van der Waals surface area contributed by atoms with Crippen LogP contribution in [-0.2, 0) is 0 Å². The standard InChI is InChI=1S/C13H24N4S/c1-8-17(2)16-13(18-8)11-7-12(11)15-10-5-3-9(14)4-6-10/h8-12,15H,3-7,14H2,1-2H3. The second kappa shape index (κ2) is 5.02. The van der Waals surface area contributed by atoms with Crippen molar-refractivity contribution in [2.45, 2.75) is 62.5 Å². The monoisotopic (exact) mass is 268 g/mol. The predicted octanol–water partition coefficient (Wildman–Crippen LogP) is 1.57. The second-order valence-electron chi connectivity index (χ2n) is 5.96. The lowest BCUT2D eigenvalue weighted by Crippen LogP contribution is -2.39. The third-order valence-corrected chi connectivity index (χ3v) is 5.68. The fourth-order valence-corrected chi connectivity index (χ4v) is 4.07. The van der Waals surface area contributed by atoms with Crippen molar-refractivity contribution < 1.29 is 0 Å². The van der Waals surface area contributed by atoms with Crippen LogP contribution in [0.4, 0.5) is 0 Å². The summed E-state index contributed by atoms with van der Waals surface area (Å²) in [7, 11) is 2.07. The average molecular weight is 268 g/mol. The Kier molecular flexibility index (Phi) is 3.56. The summed E-state index contributed by atoms with van der Waals surface area (Å²) in [6.45, 7) is 2.22. The molecular weight excluding hydrogens is 244 g/mol. The molecule has 5 heteroatoms. The Bertz CT molecular complexity index is 338. The van der Waals surface area contributed by atoms with Crippen LogP contribution in [0.15, 0.2) is 5.10 Å². The molecule has 0 spiro atoms. The minimum atomic E-state index is 0.447. The number of rotatable bonds is 3. The zero-order valence-electron chi connectivity index (χ0n) is 11.3. The maximum atomic E-state index is 5.95. The molecule has 0 saturated heterocycles. The van der Waals surface area contributed by atoms with Crippen molar-refractivity contribution >= 4 is 16.8 Å². The zero-order chi connectivity index (χ0) is 12.7. The van der Waals surface area contributed by atoms with Gasteiger partial charge in [-0.3, -0.25) is 5.01 Å². The Morgan fingerprint density at radius 1 is 1.33 bits per heavy atom. The van der Waals surface area contributed by atoms with Gasteiger partial charge >= 0.3 is 0 Å². The van der Waals surface area contributed by atoms with Crippen molar-refractivity contribution in [2.24, 2.45) is 16.8 Å². The molecule has 3 N–H and O–H groups in total. The first-order valence-corrected chi connectivity index (χ1v) is 8.01. The lowest BCUT2D eigenvalue weighted by atomic mass is 9.92. The fourth-order valence-electron chi connectivity index (χ4n) is 2.91. The number of nitrogens with zero attached hydrogens (tertiary/aromatic N) is 2. The van der Waals surface area contributed by atoms with E-state index >= 15 is 0 Å². The van der Waals surface area contributed by atoms with E-state index in [1.54, 1.807) is 0 Å². The van der Waals surface area contributed by atoms with Crippen LogP contribution in [0.3, 0.4) is 0 Å². The Morgan fingerprint density at radius 3 is 2.67 bits per heavy atom. The Labute approximate surface area is 114 Å². The van der Waals surface area contributed by atoms with Gasteiger partial charge in [0.2, 0.25) is 0 Å². The van der Waals surface area contributed by atoms with Crippen LogP contribution in [0, 0.1) is 5.92 Å². The summed E-state index contributed by atoms with van der Waals surface area (Å²) in [4.78, 5) is 0. The fraction of sp³-hybridized carbons (Fsp3) is 0.923. The Morgan fingerprint density at radius 2 is 2.06 bits per heavy atom. The highest BCUT2D eigenvalue weighted by atomic mass is 32.2. The molecule has 2 saturated carbocycles. The maximum absolute atomic E-state index is 5.95. The third kappa shape index (κ3) is 2.68. The van der Waals surface area contributed by atoms with E-state index in [9.17, 15) is 0 Å². The second-order valence-corrected chi connectivity index (χ2v) is 7.29. The van der Waals surface area contributed by atoms with Gasteiger partial charge in [0.05, 0.1) is 5.37 Å². The summed E-state index contributed by atoms with van der Waals surface area (Å²) in [5.74, 6) is 0.679. The van der Waals surface area contributed by atoms with E-state index in [0.717, 1.165) is 0 Å². The van der Waals surface area contributed by atoms with Crippen LogP contribution in [0.25, 0.3) is 0 Å². The number of nitrogens with one attached hydrogen (secondary N) is 1. The molecule has 102 valence electrons. The SMILES string of the molecule is CC1SC(C2CC2NC2CCC(N)CC2)=NN1C. The molecule has 0 amide bonds. The van der Waals surface area contributed by atoms with Gasteiger partial charge in [-0.25, -0.2) is 0 Å². The van der Waals surface area contributed by atoms with Gasteiger partial charge in [-0.1, -0.05) is 11.8 Å². The highest BCUT2D eigenvalue weighted by Crippen LogP contribution is 2.41. The summed E-state index contributed by atoms with van der Waals surface area (Å²) in [5.41, 5.74) is 5.95. The largest absolute Gasteiger partial charge is 0.328 e. The average Bonchev–Trinajstić information content (AvgIpc) is 3.02. The summed E-state index contributed by atoms with van der Waals surface area (Å²) in [5, 5.41) is 12.4. The number of hydrogen-bond acceptors (Lipinski definition) is 5. The van der Waals surface area contributed by atoms with Gasteiger partial charge in [0.1, 0.15) is 5.04 Å². The van der Waals surface area contributed by atoms with Gasteiger partial charge in [0.25, 0.3) is 0 Å². The summed E-state index contributed by atoms with van der Waals surface area (Å²) in [6.07, 6.45) is 6.14. The first kappa shape index (κ1) is 12.8. The number of thioether (sulfide) groups is 1. The number of nitrogens with two attached hydrogens (primary N) is 1. The molecule has 4 nitrogen and oxygen atoms in total. The lowest BCUT2D eigenvalue weighted by Gasteiger charge is -2.27. The van der Waals surface area contributed by atoms with Gasteiger partial charge in [0.15, 0.2) is 0 Å². The van der Waals surface area contributed by atoms with E-state index in [4.69, 9.17) is 5.73 Å². The van der Waals surface area contributed by atoms with Gasteiger partial charge < -0.3 is 11.1 Å². The number of hydrazone groups is 1. The smallest absolute Gasteiger partial charge is 0.100 e. The van der Waals surface area contributed by atoms with Gasteiger partial charge in [0, 0.05) is 31.1 Å². The van der Waals surface area contributed by atoms with Crippen LogP contribution >= 0.6 is 11.8 Å². The molecule has 3 atom stereocenters. The maximum Gasteiger partial charge on any atom is 0.100 e. The Hall–Kier alpha value is -0.260. The number of hydrogen-bond donors (Lipinski definition) is 2. The minimum absolute atomic E-state index is 0.447. The topological polar surface area (TPSA) is 53.6 Å². The molecule has 0 radical (unpaired) electrons. The Balaban J connectivity index is 1.46. The van der Waals surface area contributed by atoms with Crippen molar-refractivity contribution in [1.82, 2.24) is 10.3 Å². The zero-order valence-corrected chi connectivity index (χ0v) is 12.1. The van der Waals surface area contributed by atoms with E-state index in [0.29, 0.717) is 29.4 Å². The molecule has 0 aromatic rings. The molecule has 0 aromatic carbocycles. The molecule has 2 fully saturated rings. The summed E-state index contributed by atoms with van der Waals surface area (Å²) in [6, 6.07) is 1.82. The van der Waals surface area contributed by atoms with Crippen molar-refractivity contribution in [2.75, 3.05) is 7.05 Å². The lowest BCUT2D eigenvalue weighted by molar-refractivity contribution is 0.339. The molecule has 1 aliphatic heterocycles. The summed E-state index contributed by atoms with van der Waals surface area (Å²) >= 11 is 1.93. The van der Waals surface area contributed by atoms with E-state index in [1.165, 1.54) is 37.1 Å². The van der Waals surface area contributed by atoms with Gasteiger partial charge in [-0.15, -0.1) is 0 Å². The van der Waals surface area contributed by atoms with Crippen molar-refractivity contribution in [3.05, 3.63) is 0 Å². The summed E-state index contributed by atoms with van der Waals surface area (Å²) < 4.78 is 0. The van der Waals surface area contributed by atoms with E-state index in [1.807, 2.05) is 11.8 Å². The van der Waals surface area contributed by atoms with Crippen LogP contribution in [-0.4, -0.2) is 40.6 Å². The van der Waals surface area contributed by atoms with E-state index < -0.39 is 0 Å². The predicted molar refractivity (Wildman–Crippen MR) is 77.5 cm³/mol. The van der Waals surface area contributed by atoms with Crippen LogP contribution < -0.4 is 11.1 Å². The molecule has 18 heavy (non-hydrogen) atoms. The quantitative estimate of drug-likeness (QED) is 0.816. The first-order chi connectivity index (χ1) is 8.63. The van der Waals surface area contributed by atoms with Gasteiger partial charge in [-0.2, -0.15) is 5.10 Å². The van der Waals surface area contributed by atoms with Crippen LogP contribution in [0.5, 0.6) is 0 Å². The minimum Gasteiger partial charge on any atom is -0.328 e. The molecule has 2 aliphatic carbocycles. The van der Waals surface area contributed by atoms with Crippen molar-refractivity contribution in [3.63, 3.8) is 0 Å². The highest BCUT2D eigenvalue weighted by molar-refractivity contribution is 8.14. The van der Waals surface area contributed by atoms with Gasteiger partial charge in [-0.05, 0) is 39.0 Å². The molecule has 0 aromatic heterocycles. The molecule has 0 bridgehead atoms. The highest BCUT2D eigenvalue weighted by Gasteiger charge is 2.45. The first-order valence-electron chi connectivity index (χ1n) is 7.13. The molecular formula is C13H24N4S. The van der Waals surface area contributed by atoms with E-state index in [2.05, 4.69) is 29.4 Å². The van der Waals surface area contributed by atoms with Crippen LogP contribution in [0.2, 0.25) is 0 Å². The normalized spacial score (nSPS) is 44.1. The molecule has 3 unspecified atom stereocenters. The third-order valence-electron chi connectivity index (χ3n) is 4.40.